The quantitative estimate of drug-likeness (QED) is 0.260. The Balaban J connectivity index is 2.50. The molecular weight excluding hydrogens is 332 g/mol. The first-order valence-electron chi connectivity index (χ1n) is 9.00. The van der Waals surface area contributed by atoms with Gasteiger partial charge in [-0.25, -0.2) is 4.99 Å². The Labute approximate surface area is 163 Å². The van der Waals surface area contributed by atoms with Crippen molar-refractivity contribution in [2.24, 2.45) is 4.99 Å². The second-order valence-electron chi connectivity index (χ2n) is 6.44. The molecule has 0 amide bonds. The Kier molecular flexibility index (Phi) is 7.63. The van der Waals surface area contributed by atoms with Crippen molar-refractivity contribution in [2.75, 3.05) is 7.11 Å². The minimum absolute atomic E-state index is 0.621. The lowest BCUT2D eigenvalue weighted by molar-refractivity contribution is 0.280. The van der Waals surface area contributed by atoms with Gasteiger partial charge in [-0.2, -0.15) is 0 Å². The molecule has 0 spiro atoms. The number of allylic oxidation sites excluding steroid dienone is 1. The van der Waals surface area contributed by atoms with Gasteiger partial charge in [0.25, 0.3) is 0 Å². The molecule has 3 nitrogen and oxygen atoms in total. The summed E-state index contributed by atoms with van der Waals surface area (Å²) in [6.07, 6.45) is 2.28. The lowest BCUT2D eigenvalue weighted by atomic mass is 10.1. The molecule has 0 fully saturated rings. The summed E-state index contributed by atoms with van der Waals surface area (Å²) in [5.41, 5.74) is 4.43. The molecule has 0 aliphatic carbocycles. The summed E-state index contributed by atoms with van der Waals surface area (Å²) in [5.74, 6) is 1.52. The summed E-state index contributed by atoms with van der Waals surface area (Å²) in [7, 11) is 1.65. The van der Waals surface area contributed by atoms with Gasteiger partial charge < -0.3 is 9.64 Å². The molecule has 0 unspecified atom stereocenters. The van der Waals surface area contributed by atoms with Crippen LogP contribution in [0.5, 0.6) is 0 Å². The molecule has 3 heteroatoms. The average molecular weight is 361 g/mol. The Morgan fingerprint density at radius 2 is 1.56 bits per heavy atom. The van der Waals surface area contributed by atoms with Gasteiger partial charge in [-0.05, 0) is 30.5 Å². The monoisotopic (exact) mass is 360 g/mol. The van der Waals surface area contributed by atoms with Gasteiger partial charge in [0.2, 0.25) is 0 Å². The summed E-state index contributed by atoms with van der Waals surface area (Å²) in [6.45, 7) is 12.7. The zero-order chi connectivity index (χ0) is 19.6. The normalized spacial score (nSPS) is 10.9. The number of hydrogen-bond donors (Lipinski definition) is 0. The largest absolute Gasteiger partial charge is 0.495 e. The minimum atomic E-state index is 0.621. The summed E-state index contributed by atoms with van der Waals surface area (Å²) in [6, 6.07) is 20.6. The van der Waals surface area contributed by atoms with Crippen molar-refractivity contribution in [2.45, 2.75) is 26.8 Å². The van der Waals surface area contributed by atoms with E-state index in [9.17, 15) is 0 Å². The predicted molar refractivity (Wildman–Crippen MR) is 114 cm³/mol. The van der Waals surface area contributed by atoms with E-state index < -0.39 is 0 Å². The summed E-state index contributed by atoms with van der Waals surface area (Å²) < 4.78 is 5.50. The Morgan fingerprint density at radius 1 is 1.00 bits per heavy atom. The van der Waals surface area contributed by atoms with Crippen LogP contribution in [0.15, 0.2) is 102 Å². The zero-order valence-corrected chi connectivity index (χ0v) is 16.5. The van der Waals surface area contributed by atoms with Gasteiger partial charge in [-0.1, -0.05) is 73.8 Å². The smallest absolute Gasteiger partial charge is 0.135 e. The van der Waals surface area contributed by atoms with E-state index in [1.165, 1.54) is 11.1 Å². The van der Waals surface area contributed by atoms with Crippen molar-refractivity contribution in [1.82, 2.24) is 4.90 Å². The van der Waals surface area contributed by atoms with Crippen molar-refractivity contribution in [3.63, 3.8) is 0 Å². The lowest BCUT2D eigenvalue weighted by Crippen LogP contribution is -2.33. The van der Waals surface area contributed by atoms with Gasteiger partial charge in [0.15, 0.2) is 0 Å². The third-order valence-electron chi connectivity index (χ3n) is 4.19. The van der Waals surface area contributed by atoms with Crippen molar-refractivity contribution >= 4 is 5.84 Å². The summed E-state index contributed by atoms with van der Waals surface area (Å²) in [4.78, 5) is 6.78. The molecular formula is C24H28N2O. The highest BCUT2D eigenvalue weighted by Gasteiger charge is 2.21. The Morgan fingerprint density at radius 3 is 2.04 bits per heavy atom. The van der Waals surface area contributed by atoms with E-state index in [1.807, 2.05) is 36.4 Å². The number of ether oxygens (including phenoxy) is 1. The van der Waals surface area contributed by atoms with Crippen LogP contribution in [0.2, 0.25) is 0 Å². The lowest BCUT2D eigenvalue weighted by Gasteiger charge is -2.30. The van der Waals surface area contributed by atoms with E-state index in [0.29, 0.717) is 18.7 Å². The third kappa shape index (κ3) is 5.71. The molecule has 0 N–H and O–H groups in total. The van der Waals surface area contributed by atoms with Crippen LogP contribution in [-0.4, -0.2) is 17.8 Å². The fraction of sp³-hybridized carbons (Fsp3) is 0.208. The zero-order valence-electron chi connectivity index (χ0n) is 16.5. The van der Waals surface area contributed by atoms with Gasteiger partial charge in [0.1, 0.15) is 11.6 Å². The van der Waals surface area contributed by atoms with Crippen molar-refractivity contribution < 1.29 is 4.74 Å². The van der Waals surface area contributed by atoms with Crippen molar-refractivity contribution in [1.29, 1.82) is 0 Å². The maximum Gasteiger partial charge on any atom is 0.135 e. The Bertz CT molecular complexity index is 816. The fourth-order valence-electron chi connectivity index (χ4n) is 2.96. The van der Waals surface area contributed by atoms with Gasteiger partial charge >= 0.3 is 0 Å². The molecule has 2 aromatic rings. The van der Waals surface area contributed by atoms with Crippen LogP contribution in [-0.2, 0) is 17.7 Å². The second-order valence-corrected chi connectivity index (χ2v) is 6.44. The standard InChI is InChI=1S/C24H28N2O/c1-6-25-23(17-21-13-9-7-10-14-21)26(18-22-15-11-8-12-16-22)24(19(2)3)20(4)27-5/h6-16H,1,4,17-18H2,2-3,5H3. The summed E-state index contributed by atoms with van der Waals surface area (Å²) in [5, 5.41) is 0. The number of hydrogen-bond acceptors (Lipinski definition) is 2. The van der Waals surface area contributed by atoms with E-state index in [2.05, 4.69) is 61.2 Å². The molecule has 140 valence electrons. The number of aliphatic imine (C=N–C) groups is 1. The molecule has 2 aromatic carbocycles. The van der Waals surface area contributed by atoms with Crippen LogP contribution in [0.1, 0.15) is 25.0 Å². The molecule has 2 rings (SSSR count). The highest BCUT2D eigenvalue weighted by molar-refractivity contribution is 5.87. The van der Waals surface area contributed by atoms with E-state index in [-0.39, 0.29) is 0 Å². The second kappa shape index (κ2) is 10.2. The first-order valence-corrected chi connectivity index (χ1v) is 9.00. The molecule has 0 saturated carbocycles. The Hall–Kier alpha value is -3.07. The van der Waals surface area contributed by atoms with E-state index >= 15 is 0 Å². The highest BCUT2D eigenvalue weighted by Crippen LogP contribution is 2.24. The predicted octanol–water partition coefficient (Wildman–Crippen LogP) is 5.73. The SMILES string of the molecule is C=CN=C(Cc1ccccc1)N(Cc1ccccc1)C(C(=C)OC)=C(C)C. The number of amidine groups is 1. The van der Waals surface area contributed by atoms with E-state index in [0.717, 1.165) is 17.1 Å². The molecule has 0 atom stereocenters. The fourth-order valence-corrected chi connectivity index (χ4v) is 2.96. The number of methoxy groups -OCH3 is 1. The molecule has 0 saturated heterocycles. The maximum absolute atomic E-state index is 5.50. The molecule has 0 heterocycles. The van der Waals surface area contributed by atoms with Crippen molar-refractivity contribution in [3.05, 3.63) is 108 Å². The van der Waals surface area contributed by atoms with Crippen LogP contribution in [0.4, 0.5) is 0 Å². The number of rotatable bonds is 8. The molecule has 0 aliphatic rings. The van der Waals surface area contributed by atoms with Crippen molar-refractivity contribution in [3.8, 4) is 0 Å². The van der Waals surface area contributed by atoms with Crippen LogP contribution in [0, 0.1) is 0 Å². The molecule has 0 radical (unpaired) electrons. The van der Waals surface area contributed by atoms with Gasteiger partial charge in [-0.15, -0.1) is 0 Å². The first kappa shape index (κ1) is 20.2. The average Bonchev–Trinajstić information content (AvgIpc) is 2.68. The molecule has 27 heavy (non-hydrogen) atoms. The van der Waals surface area contributed by atoms with Crippen LogP contribution in [0.25, 0.3) is 0 Å². The van der Waals surface area contributed by atoms with Gasteiger partial charge in [-0.3, -0.25) is 0 Å². The van der Waals surface area contributed by atoms with Crippen LogP contribution >= 0.6 is 0 Å². The minimum Gasteiger partial charge on any atom is -0.495 e. The number of nitrogens with zero attached hydrogens (tertiary/aromatic N) is 2. The molecule has 0 aromatic heterocycles. The van der Waals surface area contributed by atoms with Gasteiger partial charge in [0, 0.05) is 19.2 Å². The van der Waals surface area contributed by atoms with Gasteiger partial charge in [0.05, 0.1) is 12.8 Å². The van der Waals surface area contributed by atoms with E-state index in [4.69, 9.17) is 4.74 Å². The highest BCUT2D eigenvalue weighted by atomic mass is 16.5. The van der Waals surface area contributed by atoms with E-state index in [1.54, 1.807) is 13.3 Å². The maximum atomic E-state index is 5.50. The molecule has 0 aliphatic heterocycles. The third-order valence-corrected chi connectivity index (χ3v) is 4.19. The topological polar surface area (TPSA) is 24.8 Å². The number of benzene rings is 2. The molecule has 0 bridgehead atoms. The summed E-state index contributed by atoms with van der Waals surface area (Å²) >= 11 is 0. The first-order chi connectivity index (χ1) is 13.1. The van der Waals surface area contributed by atoms with Crippen LogP contribution in [0.3, 0.4) is 0 Å². The van der Waals surface area contributed by atoms with Crippen LogP contribution < -0.4 is 0 Å².